The first kappa shape index (κ1) is 47.9. The van der Waals surface area contributed by atoms with Crippen molar-refractivity contribution in [3.8, 4) is 0 Å². The van der Waals surface area contributed by atoms with Crippen molar-refractivity contribution in [2.45, 2.75) is 283 Å². The molecular weight excluding hydrogens is 585 g/mol. The normalized spacial score (nSPS) is 11.6. The lowest BCUT2D eigenvalue weighted by Gasteiger charge is -2.05. The zero-order valence-corrected chi connectivity index (χ0v) is 33.4. The van der Waals surface area contributed by atoms with Gasteiger partial charge in [-0.15, -0.1) is 0 Å². The van der Waals surface area contributed by atoms with Gasteiger partial charge < -0.3 is 10.2 Å². The van der Waals surface area contributed by atoms with Crippen LogP contribution in [-0.2, 0) is 0 Å². The van der Waals surface area contributed by atoms with Crippen molar-refractivity contribution in [3.63, 3.8) is 0 Å². The van der Waals surface area contributed by atoms with Crippen LogP contribution in [0.15, 0.2) is 0 Å². The van der Waals surface area contributed by atoms with E-state index in [4.69, 9.17) is 10.2 Å². The summed E-state index contributed by atoms with van der Waals surface area (Å²) in [6, 6.07) is 0. The molecule has 0 amide bonds. The molecule has 0 unspecified atom stereocenters. The summed E-state index contributed by atoms with van der Waals surface area (Å²) in [4.78, 5) is 0. The van der Waals surface area contributed by atoms with Gasteiger partial charge in [-0.2, -0.15) is 0 Å². The second kappa shape index (κ2) is 46.9. The average molecular weight is 679 g/mol. The number of aliphatic hydroxyl groups is 2. The number of unbranched alkanes of at least 4 members (excludes halogenated alkanes) is 43. The fourth-order valence-electron chi connectivity index (χ4n) is 7.65. The number of aliphatic hydroxyl groups excluding tert-OH is 2. The summed E-state index contributed by atoms with van der Waals surface area (Å²) in [6.45, 7) is 0.746. The van der Waals surface area contributed by atoms with Crippen molar-refractivity contribution in [1.29, 1.82) is 0 Å². The van der Waals surface area contributed by atoms with Gasteiger partial charge in [0.15, 0.2) is 0 Å². The molecule has 0 bridgehead atoms. The van der Waals surface area contributed by atoms with Crippen molar-refractivity contribution in [2.24, 2.45) is 0 Å². The Morgan fingerprint density at radius 3 is 0.229 bits per heavy atom. The summed E-state index contributed by atoms with van der Waals surface area (Å²) in [7, 11) is 0. The molecule has 0 radical (unpaired) electrons. The van der Waals surface area contributed by atoms with Gasteiger partial charge in [-0.1, -0.05) is 270 Å². The first-order chi connectivity index (χ1) is 23.9. The molecule has 0 aromatic rings. The maximum absolute atomic E-state index is 8.81. The number of rotatable bonds is 45. The quantitative estimate of drug-likeness (QED) is 0.0629. The lowest BCUT2D eigenvalue weighted by molar-refractivity contribution is 0.282. The molecule has 0 fully saturated rings. The molecule has 0 saturated heterocycles. The minimum atomic E-state index is 0.373. The minimum Gasteiger partial charge on any atom is -0.396 e. The van der Waals surface area contributed by atoms with E-state index in [1.165, 1.54) is 270 Å². The van der Waals surface area contributed by atoms with Crippen molar-refractivity contribution >= 4 is 0 Å². The van der Waals surface area contributed by atoms with Crippen molar-refractivity contribution in [3.05, 3.63) is 0 Å². The lowest BCUT2D eigenvalue weighted by atomic mass is 10.0. The van der Waals surface area contributed by atoms with Crippen LogP contribution < -0.4 is 0 Å². The van der Waals surface area contributed by atoms with Crippen molar-refractivity contribution in [2.75, 3.05) is 13.2 Å². The summed E-state index contributed by atoms with van der Waals surface area (Å²) >= 11 is 0. The molecule has 0 atom stereocenters. The molecule has 2 heteroatoms. The second-order valence-corrected chi connectivity index (χ2v) is 16.0. The summed E-state index contributed by atoms with van der Waals surface area (Å²) < 4.78 is 0. The highest BCUT2D eigenvalue weighted by Crippen LogP contribution is 2.18. The molecule has 0 aliphatic heterocycles. The SMILES string of the molecule is OCCCCCCCCCCCCCCCCCCCCCCCCCCCCCCCCCCCCCCCCCCCCCCO. The summed E-state index contributed by atoms with van der Waals surface area (Å²) in [5.74, 6) is 0. The van der Waals surface area contributed by atoms with Gasteiger partial charge >= 0.3 is 0 Å². The van der Waals surface area contributed by atoms with E-state index in [0.717, 1.165) is 12.8 Å². The van der Waals surface area contributed by atoms with E-state index in [2.05, 4.69) is 0 Å². The maximum atomic E-state index is 8.81. The van der Waals surface area contributed by atoms with Crippen LogP contribution in [0.25, 0.3) is 0 Å². The molecule has 0 spiro atoms. The maximum Gasteiger partial charge on any atom is 0.0431 e. The molecule has 0 saturated carbocycles. The van der Waals surface area contributed by atoms with Gasteiger partial charge in [0.2, 0.25) is 0 Å². The Bertz CT molecular complexity index is 474. The van der Waals surface area contributed by atoms with Crippen LogP contribution in [0.2, 0.25) is 0 Å². The molecule has 0 aromatic carbocycles. The second-order valence-electron chi connectivity index (χ2n) is 16.0. The average Bonchev–Trinajstić information content (AvgIpc) is 3.10. The van der Waals surface area contributed by atoms with Crippen LogP contribution in [0.4, 0.5) is 0 Å². The molecule has 2 N–H and O–H groups in total. The van der Waals surface area contributed by atoms with Gasteiger partial charge in [0.05, 0.1) is 0 Å². The lowest BCUT2D eigenvalue weighted by Crippen LogP contribution is -1.85. The molecule has 0 aliphatic rings. The minimum absolute atomic E-state index is 0.373. The van der Waals surface area contributed by atoms with E-state index in [9.17, 15) is 0 Å². The fraction of sp³-hybridized carbons (Fsp3) is 1.00. The molecular formula is C46H94O2. The van der Waals surface area contributed by atoms with E-state index < -0.39 is 0 Å². The first-order valence-corrected chi connectivity index (χ1v) is 23.1. The van der Waals surface area contributed by atoms with Crippen molar-refractivity contribution in [1.82, 2.24) is 0 Å². The summed E-state index contributed by atoms with van der Waals surface area (Å²) in [6.07, 6.45) is 62.6. The van der Waals surface area contributed by atoms with Crippen molar-refractivity contribution < 1.29 is 10.2 Å². The first-order valence-electron chi connectivity index (χ1n) is 23.1. The zero-order chi connectivity index (χ0) is 34.5. The predicted octanol–water partition coefficient (Wildman–Crippen LogP) is 16.1. The third-order valence-electron chi connectivity index (χ3n) is 11.1. The topological polar surface area (TPSA) is 40.5 Å². The van der Waals surface area contributed by atoms with Gasteiger partial charge in [-0.05, 0) is 12.8 Å². The van der Waals surface area contributed by atoms with Gasteiger partial charge in [0.25, 0.3) is 0 Å². The van der Waals surface area contributed by atoms with E-state index in [1.807, 2.05) is 0 Å². The Kier molecular flexibility index (Phi) is 46.8. The van der Waals surface area contributed by atoms with Crippen LogP contribution in [0, 0.1) is 0 Å². The Hall–Kier alpha value is -0.0800. The molecule has 0 heterocycles. The zero-order valence-electron chi connectivity index (χ0n) is 33.4. The Morgan fingerprint density at radius 1 is 0.104 bits per heavy atom. The van der Waals surface area contributed by atoms with Gasteiger partial charge in [-0.25, -0.2) is 0 Å². The predicted molar refractivity (Wildman–Crippen MR) is 217 cm³/mol. The van der Waals surface area contributed by atoms with Gasteiger partial charge in [0.1, 0.15) is 0 Å². The van der Waals surface area contributed by atoms with Crippen LogP contribution in [0.3, 0.4) is 0 Å². The third-order valence-corrected chi connectivity index (χ3v) is 11.1. The molecule has 290 valence electrons. The molecule has 48 heavy (non-hydrogen) atoms. The molecule has 0 aliphatic carbocycles. The molecule has 0 rings (SSSR count). The Labute approximate surface area is 305 Å². The van der Waals surface area contributed by atoms with E-state index in [-0.39, 0.29) is 0 Å². The van der Waals surface area contributed by atoms with Crippen LogP contribution in [-0.4, -0.2) is 23.4 Å². The monoisotopic (exact) mass is 679 g/mol. The van der Waals surface area contributed by atoms with Crippen LogP contribution in [0.5, 0.6) is 0 Å². The molecule has 0 aromatic heterocycles. The van der Waals surface area contributed by atoms with Gasteiger partial charge in [-0.3, -0.25) is 0 Å². The standard InChI is InChI=1S/C46H94O2/c47-45-43-41-39-37-35-33-31-29-27-25-23-21-19-17-15-13-11-9-7-5-3-1-2-4-6-8-10-12-14-16-18-20-22-24-26-28-30-32-34-36-38-40-42-44-46-48/h47-48H,1-46H2. The highest BCUT2D eigenvalue weighted by Gasteiger charge is 1.98. The van der Waals surface area contributed by atoms with Gasteiger partial charge in [0, 0.05) is 13.2 Å². The Balaban J connectivity index is 3.04. The third kappa shape index (κ3) is 45.9. The van der Waals surface area contributed by atoms with E-state index >= 15 is 0 Å². The van der Waals surface area contributed by atoms with Crippen LogP contribution >= 0.6 is 0 Å². The van der Waals surface area contributed by atoms with E-state index in [1.54, 1.807) is 0 Å². The fourth-order valence-corrected chi connectivity index (χ4v) is 7.65. The summed E-state index contributed by atoms with van der Waals surface area (Å²) in [5, 5.41) is 17.6. The Morgan fingerprint density at radius 2 is 0.167 bits per heavy atom. The highest BCUT2D eigenvalue weighted by molar-refractivity contribution is 4.54. The summed E-state index contributed by atoms with van der Waals surface area (Å²) in [5.41, 5.74) is 0. The van der Waals surface area contributed by atoms with Crippen LogP contribution in [0.1, 0.15) is 283 Å². The smallest absolute Gasteiger partial charge is 0.0431 e. The highest BCUT2D eigenvalue weighted by atomic mass is 16.3. The largest absolute Gasteiger partial charge is 0.396 e. The molecule has 2 nitrogen and oxygen atoms in total. The number of hydrogen-bond donors (Lipinski definition) is 2. The number of hydrogen-bond acceptors (Lipinski definition) is 2. The van der Waals surface area contributed by atoms with E-state index in [0.29, 0.717) is 13.2 Å².